The third kappa shape index (κ3) is 3.79. The SMILES string of the molecule is CC(C)(C)c1nccc(N2CCC(C(=O)N3CCSCC3)C2)n1. The van der Waals surface area contributed by atoms with Crippen molar-refractivity contribution >= 4 is 23.5 Å². The van der Waals surface area contributed by atoms with Gasteiger partial charge in [0.1, 0.15) is 11.6 Å². The highest BCUT2D eigenvalue weighted by molar-refractivity contribution is 7.99. The molecule has 23 heavy (non-hydrogen) atoms. The van der Waals surface area contributed by atoms with Crippen molar-refractivity contribution in [2.75, 3.05) is 42.6 Å². The van der Waals surface area contributed by atoms with Gasteiger partial charge in [0, 0.05) is 49.3 Å². The number of carbonyl (C=O) groups excluding carboxylic acids is 1. The van der Waals surface area contributed by atoms with Crippen molar-refractivity contribution in [1.29, 1.82) is 0 Å². The van der Waals surface area contributed by atoms with Crippen LogP contribution in [0.15, 0.2) is 12.3 Å². The van der Waals surface area contributed by atoms with E-state index in [0.29, 0.717) is 5.91 Å². The number of carbonyl (C=O) groups is 1. The van der Waals surface area contributed by atoms with Gasteiger partial charge in [0.25, 0.3) is 0 Å². The first-order valence-corrected chi connectivity index (χ1v) is 9.55. The third-order valence-electron chi connectivity index (χ3n) is 4.50. The van der Waals surface area contributed by atoms with Crippen LogP contribution in [-0.2, 0) is 10.2 Å². The summed E-state index contributed by atoms with van der Waals surface area (Å²) in [5, 5.41) is 0. The predicted octanol–water partition coefficient (Wildman–Crippen LogP) is 2.18. The summed E-state index contributed by atoms with van der Waals surface area (Å²) in [7, 11) is 0. The zero-order valence-electron chi connectivity index (χ0n) is 14.3. The van der Waals surface area contributed by atoms with Crippen LogP contribution in [0.2, 0.25) is 0 Å². The molecule has 2 saturated heterocycles. The van der Waals surface area contributed by atoms with Crippen LogP contribution >= 0.6 is 11.8 Å². The molecule has 0 aromatic carbocycles. The van der Waals surface area contributed by atoms with Crippen LogP contribution in [0.5, 0.6) is 0 Å². The van der Waals surface area contributed by atoms with Crippen LogP contribution in [0.25, 0.3) is 0 Å². The van der Waals surface area contributed by atoms with Crippen LogP contribution < -0.4 is 4.90 Å². The molecule has 1 unspecified atom stereocenters. The topological polar surface area (TPSA) is 49.3 Å². The van der Waals surface area contributed by atoms with Gasteiger partial charge in [-0.15, -0.1) is 0 Å². The van der Waals surface area contributed by atoms with Gasteiger partial charge in [-0.2, -0.15) is 11.8 Å². The Hall–Kier alpha value is -1.30. The molecule has 0 saturated carbocycles. The number of anilines is 1. The largest absolute Gasteiger partial charge is 0.356 e. The lowest BCUT2D eigenvalue weighted by molar-refractivity contribution is -0.134. The molecule has 0 N–H and O–H groups in total. The Morgan fingerprint density at radius 2 is 2.00 bits per heavy atom. The van der Waals surface area contributed by atoms with Crippen molar-refractivity contribution in [2.24, 2.45) is 5.92 Å². The molecule has 1 amide bonds. The van der Waals surface area contributed by atoms with Gasteiger partial charge in [-0.1, -0.05) is 20.8 Å². The number of aromatic nitrogens is 2. The third-order valence-corrected chi connectivity index (χ3v) is 5.44. The van der Waals surface area contributed by atoms with Crippen LogP contribution in [0, 0.1) is 5.92 Å². The first-order valence-electron chi connectivity index (χ1n) is 8.40. The molecule has 3 heterocycles. The number of nitrogens with zero attached hydrogens (tertiary/aromatic N) is 4. The summed E-state index contributed by atoms with van der Waals surface area (Å²) < 4.78 is 0. The molecular formula is C17H26N4OS. The minimum Gasteiger partial charge on any atom is -0.356 e. The Morgan fingerprint density at radius 3 is 2.70 bits per heavy atom. The minimum absolute atomic E-state index is 0.0591. The van der Waals surface area contributed by atoms with Crippen molar-refractivity contribution in [3.63, 3.8) is 0 Å². The second-order valence-electron chi connectivity index (χ2n) is 7.36. The first-order chi connectivity index (χ1) is 10.9. The highest BCUT2D eigenvalue weighted by atomic mass is 32.2. The van der Waals surface area contributed by atoms with E-state index >= 15 is 0 Å². The fraction of sp³-hybridized carbons (Fsp3) is 0.706. The maximum Gasteiger partial charge on any atom is 0.227 e. The Balaban J connectivity index is 1.66. The number of rotatable bonds is 2. The molecule has 3 rings (SSSR count). The van der Waals surface area contributed by atoms with Crippen molar-refractivity contribution < 1.29 is 4.79 Å². The van der Waals surface area contributed by atoms with Crippen molar-refractivity contribution in [3.8, 4) is 0 Å². The molecule has 0 radical (unpaired) electrons. The smallest absolute Gasteiger partial charge is 0.227 e. The molecule has 0 spiro atoms. The van der Waals surface area contributed by atoms with Gasteiger partial charge in [0.2, 0.25) is 5.91 Å². The fourth-order valence-electron chi connectivity index (χ4n) is 3.10. The van der Waals surface area contributed by atoms with Crippen LogP contribution in [-0.4, -0.2) is 58.5 Å². The van der Waals surface area contributed by atoms with Crippen molar-refractivity contribution in [3.05, 3.63) is 18.1 Å². The van der Waals surface area contributed by atoms with Gasteiger partial charge in [-0.3, -0.25) is 4.79 Å². The summed E-state index contributed by atoms with van der Waals surface area (Å²) in [4.78, 5) is 26.1. The summed E-state index contributed by atoms with van der Waals surface area (Å²) in [6.45, 7) is 9.86. The average Bonchev–Trinajstić information content (AvgIpc) is 3.04. The van der Waals surface area contributed by atoms with E-state index < -0.39 is 0 Å². The molecule has 1 aromatic heterocycles. The van der Waals surface area contributed by atoms with E-state index in [9.17, 15) is 4.79 Å². The van der Waals surface area contributed by atoms with Crippen LogP contribution in [0.4, 0.5) is 5.82 Å². The van der Waals surface area contributed by atoms with E-state index in [0.717, 1.165) is 55.7 Å². The van der Waals surface area contributed by atoms with E-state index in [4.69, 9.17) is 4.98 Å². The van der Waals surface area contributed by atoms with E-state index in [1.807, 2.05) is 28.9 Å². The maximum absolute atomic E-state index is 12.7. The molecule has 2 aliphatic rings. The van der Waals surface area contributed by atoms with E-state index in [-0.39, 0.29) is 11.3 Å². The second-order valence-corrected chi connectivity index (χ2v) is 8.58. The van der Waals surface area contributed by atoms with Crippen LogP contribution in [0.3, 0.4) is 0 Å². The molecule has 5 nitrogen and oxygen atoms in total. The predicted molar refractivity (Wildman–Crippen MR) is 95.0 cm³/mol. The van der Waals surface area contributed by atoms with Gasteiger partial charge in [-0.25, -0.2) is 9.97 Å². The maximum atomic E-state index is 12.7. The quantitative estimate of drug-likeness (QED) is 0.830. The van der Waals surface area contributed by atoms with E-state index in [2.05, 4.69) is 30.7 Å². The van der Waals surface area contributed by atoms with E-state index in [1.165, 1.54) is 0 Å². The lowest BCUT2D eigenvalue weighted by atomic mass is 9.96. The lowest BCUT2D eigenvalue weighted by Crippen LogP contribution is -2.42. The normalized spacial score (nSPS) is 22.5. The second kappa shape index (κ2) is 6.67. The highest BCUT2D eigenvalue weighted by Gasteiger charge is 2.33. The monoisotopic (exact) mass is 334 g/mol. The van der Waals surface area contributed by atoms with Gasteiger partial charge < -0.3 is 9.80 Å². The molecule has 6 heteroatoms. The van der Waals surface area contributed by atoms with Crippen molar-refractivity contribution in [1.82, 2.24) is 14.9 Å². The van der Waals surface area contributed by atoms with Crippen LogP contribution in [0.1, 0.15) is 33.0 Å². The Labute approximate surface area is 142 Å². The van der Waals surface area contributed by atoms with Gasteiger partial charge in [0.05, 0.1) is 5.92 Å². The van der Waals surface area contributed by atoms with Crippen molar-refractivity contribution in [2.45, 2.75) is 32.6 Å². The molecule has 126 valence electrons. The minimum atomic E-state index is -0.0591. The fourth-order valence-corrected chi connectivity index (χ4v) is 4.00. The Kier molecular flexibility index (Phi) is 4.80. The summed E-state index contributed by atoms with van der Waals surface area (Å²) in [6, 6.07) is 1.96. The number of hydrogen-bond acceptors (Lipinski definition) is 5. The molecule has 0 aliphatic carbocycles. The standard InChI is InChI=1S/C17H26N4OS/c1-17(2,3)16-18-6-4-14(19-16)21-7-5-13(12-21)15(22)20-8-10-23-11-9-20/h4,6,13H,5,7-12H2,1-3H3. The molecule has 1 atom stereocenters. The average molecular weight is 334 g/mol. The Morgan fingerprint density at radius 1 is 1.26 bits per heavy atom. The molecule has 0 bridgehead atoms. The summed E-state index contributed by atoms with van der Waals surface area (Å²) in [6.07, 6.45) is 2.76. The molecular weight excluding hydrogens is 308 g/mol. The van der Waals surface area contributed by atoms with Gasteiger partial charge >= 0.3 is 0 Å². The molecule has 1 aromatic rings. The van der Waals surface area contributed by atoms with Gasteiger partial charge in [0.15, 0.2) is 0 Å². The number of hydrogen-bond donors (Lipinski definition) is 0. The summed E-state index contributed by atoms with van der Waals surface area (Å²) >= 11 is 1.94. The zero-order chi connectivity index (χ0) is 16.4. The van der Waals surface area contributed by atoms with E-state index in [1.54, 1.807) is 0 Å². The number of amides is 1. The Bertz CT molecular complexity index is 566. The highest BCUT2D eigenvalue weighted by Crippen LogP contribution is 2.26. The molecule has 2 fully saturated rings. The lowest BCUT2D eigenvalue weighted by Gasteiger charge is -2.29. The summed E-state index contributed by atoms with van der Waals surface area (Å²) in [5.41, 5.74) is -0.0591. The molecule has 2 aliphatic heterocycles. The van der Waals surface area contributed by atoms with Gasteiger partial charge in [-0.05, 0) is 12.5 Å². The number of thioether (sulfide) groups is 1. The summed E-state index contributed by atoms with van der Waals surface area (Å²) in [5.74, 6) is 4.41. The first kappa shape index (κ1) is 16.6. The zero-order valence-corrected chi connectivity index (χ0v) is 15.1.